The minimum Gasteiger partial charge on any atom is -0.481 e. The molecule has 0 aromatic rings. The van der Waals surface area contributed by atoms with E-state index in [1.807, 2.05) is 0 Å². The van der Waals surface area contributed by atoms with Crippen molar-refractivity contribution in [3.05, 3.63) is 0 Å². The number of alkyl halides is 3. The Balaban J connectivity index is 2.72. The Morgan fingerprint density at radius 3 is 2.26 bits per heavy atom. The van der Waals surface area contributed by atoms with E-state index in [2.05, 4.69) is 5.32 Å². The summed E-state index contributed by atoms with van der Waals surface area (Å²) in [6.45, 7) is -0.473. The van der Waals surface area contributed by atoms with Crippen LogP contribution in [0.2, 0.25) is 0 Å². The fraction of sp³-hybridized carbons (Fsp3) is 0.700. The molecule has 0 unspecified atom stereocenters. The number of rotatable bonds is 3. The van der Waals surface area contributed by atoms with Gasteiger partial charge in [-0.05, 0) is 0 Å². The molecule has 1 heterocycles. The van der Waals surface area contributed by atoms with Crippen molar-refractivity contribution < 1.29 is 32.7 Å². The van der Waals surface area contributed by atoms with Crippen LogP contribution in [0.3, 0.4) is 0 Å². The molecule has 0 bridgehead atoms. The van der Waals surface area contributed by atoms with Gasteiger partial charge in [0.05, 0.1) is 18.4 Å². The monoisotopic (exact) mass is 282 g/mol. The Hall–Kier alpha value is -1.80. The number of halogens is 3. The van der Waals surface area contributed by atoms with E-state index in [-0.39, 0.29) is 0 Å². The molecule has 1 aliphatic heterocycles. The van der Waals surface area contributed by atoms with Crippen molar-refractivity contribution in [3.8, 4) is 0 Å². The fourth-order valence-electron chi connectivity index (χ4n) is 1.90. The van der Waals surface area contributed by atoms with Gasteiger partial charge in [-0.2, -0.15) is 13.2 Å². The highest BCUT2D eigenvalue weighted by molar-refractivity contribution is 5.84. The van der Waals surface area contributed by atoms with E-state index in [4.69, 9.17) is 5.11 Å². The first kappa shape index (κ1) is 15.3. The molecule has 0 saturated carbocycles. The highest BCUT2D eigenvalue weighted by atomic mass is 19.4. The van der Waals surface area contributed by atoms with E-state index in [1.54, 1.807) is 0 Å². The lowest BCUT2D eigenvalue weighted by atomic mass is 9.96. The van der Waals surface area contributed by atoms with Crippen LogP contribution in [0.4, 0.5) is 13.2 Å². The summed E-state index contributed by atoms with van der Waals surface area (Å²) in [4.78, 5) is 33.7. The summed E-state index contributed by atoms with van der Waals surface area (Å²) in [5, 5.41) is 10.9. The number of carboxylic acids is 1. The van der Waals surface area contributed by atoms with Crippen molar-refractivity contribution in [1.82, 2.24) is 10.2 Å². The molecule has 1 saturated heterocycles. The molecular weight excluding hydrogens is 269 g/mol. The number of carbonyl (C=O) groups is 3. The first-order chi connectivity index (χ1) is 8.62. The number of likely N-dealkylation sites (tertiary alicyclic amines) is 1. The van der Waals surface area contributed by atoms with Crippen molar-refractivity contribution in [3.63, 3.8) is 0 Å². The van der Waals surface area contributed by atoms with Crippen LogP contribution >= 0.6 is 0 Å². The highest BCUT2D eigenvalue weighted by Gasteiger charge is 2.53. The smallest absolute Gasteiger partial charge is 0.394 e. The zero-order valence-electron chi connectivity index (χ0n) is 10.0. The van der Waals surface area contributed by atoms with Gasteiger partial charge >= 0.3 is 12.1 Å². The number of hydrogen-bond acceptors (Lipinski definition) is 3. The SMILES string of the molecule is CC(=O)NCC(=O)N1C[C@@H](C(F)(F)F)[C@H](C(=O)O)C1. The van der Waals surface area contributed by atoms with Crippen LogP contribution in [0.15, 0.2) is 0 Å². The van der Waals surface area contributed by atoms with Crippen molar-refractivity contribution in [2.75, 3.05) is 19.6 Å². The molecular formula is C10H13F3N2O4. The zero-order chi connectivity index (χ0) is 14.8. The molecule has 0 spiro atoms. The molecule has 1 fully saturated rings. The lowest BCUT2D eigenvalue weighted by molar-refractivity contribution is -0.188. The van der Waals surface area contributed by atoms with Gasteiger partial charge in [0.1, 0.15) is 0 Å². The summed E-state index contributed by atoms with van der Waals surface area (Å²) in [7, 11) is 0. The van der Waals surface area contributed by atoms with Gasteiger partial charge in [0.2, 0.25) is 11.8 Å². The Morgan fingerprint density at radius 2 is 1.89 bits per heavy atom. The predicted molar refractivity (Wildman–Crippen MR) is 55.9 cm³/mol. The molecule has 2 amide bonds. The highest BCUT2D eigenvalue weighted by Crippen LogP contribution is 2.37. The van der Waals surface area contributed by atoms with Crippen molar-refractivity contribution in [2.24, 2.45) is 11.8 Å². The number of carboxylic acid groups (broad SMARTS) is 1. The Labute approximate surface area is 106 Å². The third kappa shape index (κ3) is 3.83. The molecule has 1 rings (SSSR count). The molecule has 9 heteroatoms. The normalized spacial score (nSPS) is 23.3. The largest absolute Gasteiger partial charge is 0.481 e. The van der Waals surface area contributed by atoms with Gasteiger partial charge in [-0.1, -0.05) is 0 Å². The lowest BCUT2D eigenvalue weighted by Crippen LogP contribution is -2.39. The molecule has 6 nitrogen and oxygen atoms in total. The summed E-state index contributed by atoms with van der Waals surface area (Å²) in [6.07, 6.45) is -4.67. The number of nitrogens with one attached hydrogen (secondary N) is 1. The molecule has 0 aliphatic carbocycles. The van der Waals surface area contributed by atoms with Crippen molar-refractivity contribution >= 4 is 17.8 Å². The second-order valence-electron chi connectivity index (χ2n) is 4.30. The van der Waals surface area contributed by atoms with E-state index in [9.17, 15) is 27.6 Å². The second-order valence-corrected chi connectivity index (χ2v) is 4.30. The first-order valence-electron chi connectivity index (χ1n) is 5.44. The quantitative estimate of drug-likeness (QED) is 0.753. The van der Waals surface area contributed by atoms with Crippen LogP contribution in [0.1, 0.15) is 6.92 Å². The Kier molecular flexibility index (Phi) is 4.38. The maximum absolute atomic E-state index is 12.7. The van der Waals surface area contributed by atoms with Gasteiger partial charge in [0.15, 0.2) is 0 Å². The van der Waals surface area contributed by atoms with Crippen LogP contribution in [-0.2, 0) is 14.4 Å². The van der Waals surface area contributed by atoms with E-state index >= 15 is 0 Å². The van der Waals surface area contributed by atoms with Gasteiger partial charge < -0.3 is 15.3 Å². The van der Waals surface area contributed by atoms with Gasteiger partial charge in [-0.3, -0.25) is 14.4 Å². The van der Waals surface area contributed by atoms with Crippen molar-refractivity contribution in [1.29, 1.82) is 0 Å². The summed E-state index contributed by atoms with van der Waals surface area (Å²) >= 11 is 0. The molecule has 0 radical (unpaired) electrons. The van der Waals surface area contributed by atoms with Crippen LogP contribution < -0.4 is 5.32 Å². The average Bonchev–Trinajstić information content (AvgIpc) is 2.70. The molecule has 2 atom stereocenters. The number of amides is 2. The van der Waals surface area contributed by atoms with Gasteiger partial charge in [0, 0.05) is 20.0 Å². The standard InChI is InChI=1S/C10H13F3N2O4/c1-5(16)14-2-8(17)15-3-6(9(18)19)7(4-15)10(11,12)13/h6-7H,2-4H2,1H3,(H,14,16)(H,18,19)/t6-,7-/m1/s1. The van der Waals surface area contributed by atoms with Crippen LogP contribution in [-0.4, -0.2) is 53.6 Å². The van der Waals surface area contributed by atoms with E-state index in [1.165, 1.54) is 0 Å². The first-order valence-corrected chi connectivity index (χ1v) is 5.44. The average molecular weight is 282 g/mol. The van der Waals surface area contributed by atoms with Crippen LogP contribution in [0.5, 0.6) is 0 Å². The number of hydrogen-bond donors (Lipinski definition) is 2. The third-order valence-electron chi connectivity index (χ3n) is 2.90. The third-order valence-corrected chi connectivity index (χ3v) is 2.90. The fourth-order valence-corrected chi connectivity index (χ4v) is 1.90. The van der Waals surface area contributed by atoms with Crippen LogP contribution in [0, 0.1) is 11.8 Å². The van der Waals surface area contributed by atoms with Crippen molar-refractivity contribution in [2.45, 2.75) is 13.1 Å². The molecule has 0 aromatic carbocycles. The summed E-state index contributed by atoms with van der Waals surface area (Å²) in [5.74, 6) is -6.55. The van der Waals surface area contributed by atoms with E-state index < -0.39 is 55.4 Å². The molecule has 0 aromatic heterocycles. The lowest BCUT2D eigenvalue weighted by Gasteiger charge is -2.18. The molecule has 2 N–H and O–H groups in total. The van der Waals surface area contributed by atoms with E-state index in [0.29, 0.717) is 0 Å². The minimum absolute atomic E-state index is 0.438. The molecule has 1 aliphatic rings. The summed E-state index contributed by atoms with van der Waals surface area (Å²) < 4.78 is 38.0. The maximum Gasteiger partial charge on any atom is 0.394 e. The number of carbonyl (C=O) groups excluding carboxylic acids is 2. The predicted octanol–water partition coefficient (Wildman–Crippen LogP) is -0.156. The zero-order valence-corrected chi connectivity index (χ0v) is 10.0. The topological polar surface area (TPSA) is 86.7 Å². The summed E-state index contributed by atoms with van der Waals surface area (Å²) in [6, 6.07) is 0. The van der Waals surface area contributed by atoms with Gasteiger partial charge in [-0.25, -0.2) is 0 Å². The van der Waals surface area contributed by atoms with Gasteiger partial charge in [-0.15, -0.1) is 0 Å². The number of nitrogens with zero attached hydrogens (tertiary/aromatic N) is 1. The Morgan fingerprint density at radius 1 is 1.32 bits per heavy atom. The van der Waals surface area contributed by atoms with Crippen LogP contribution in [0.25, 0.3) is 0 Å². The number of aliphatic carboxylic acids is 1. The molecule has 19 heavy (non-hydrogen) atoms. The van der Waals surface area contributed by atoms with Gasteiger partial charge in [0.25, 0.3) is 0 Å². The molecule has 108 valence electrons. The van der Waals surface area contributed by atoms with E-state index in [0.717, 1.165) is 11.8 Å². The minimum atomic E-state index is -4.67. The summed E-state index contributed by atoms with van der Waals surface area (Å²) in [5.41, 5.74) is 0. The Bertz CT molecular complexity index is 397. The maximum atomic E-state index is 12.7. The second kappa shape index (κ2) is 5.45.